The molecule has 0 aliphatic rings. The van der Waals surface area contributed by atoms with Gasteiger partial charge in [-0.1, -0.05) is 6.92 Å². The second-order valence-electron chi connectivity index (χ2n) is 2.00. The first-order valence-corrected chi connectivity index (χ1v) is 3.24. The molecular formula is C5H10N6. The SMILES string of the molecule is CCc1nc(NC(=N)N)n[nH]1. The van der Waals surface area contributed by atoms with Crippen LogP contribution in [-0.4, -0.2) is 21.1 Å². The van der Waals surface area contributed by atoms with Crippen molar-refractivity contribution in [2.75, 3.05) is 5.32 Å². The number of nitrogens with zero attached hydrogens (tertiary/aromatic N) is 2. The van der Waals surface area contributed by atoms with E-state index in [4.69, 9.17) is 11.1 Å². The van der Waals surface area contributed by atoms with Crippen LogP contribution in [0, 0.1) is 5.41 Å². The number of H-pyrrole nitrogens is 1. The number of aryl methyl sites for hydroxylation is 1. The first-order chi connectivity index (χ1) is 5.22. The number of nitrogens with two attached hydrogens (primary N) is 1. The van der Waals surface area contributed by atoms with E-state index in [2.05, 4.69) is 20.5 Å². The second kappa shape index (κ2) is 3.00. The number of nitrogens with one attached hydrogen (secondary N) is 3. The molecule has 11 heavy (non-hydrogen) atoms. The molecule has 60 valence electrons. The van der Waals surface area contributed by atoms with Gasteiger partial charge >= 0.3 is 0 Å². The molecule has 0 fully saturated rings. The van der Waals surface area contributed by atoms with Gasteiger partial charge in [-0.25, -0.2) is 0 Å². The fourth-order valence-corrected chi connectivity index (χ4v) is 0.630. The Bertz CT molecular complexity index is 251. The molecule has 6 nitrogen and oxygen atoms in total. The van der Waals surface area contributed by atoms with Crippen LogP contribution in [0.3, 0.4) is 0 Å². The number of guanidine groups is 1. The normalized spacial score (nSPS) is 9.55. The molecular weight excluding hydrogens is 144 g/mol. The van der Waals surface area contributed by atoms with Crippen molar-refractivity contribution in [1.82, 2.24) is 15.2 Å². The van der Waals surface area contributed by atoms with Gasteiger partial charge in [0.2, 0.25) is 5.95 Å². The summed E-state index contributed by atoms with van der Waals surface area (Å²) in [5.74, 6) is 0.953. The van der Waals surface area contributed by atoms with Crippen LogP contribution in [0.4, 0.5) is 5.95 Å². The molecule has 0 saturated carbocycles. The highest BCUT2D eigenvalue weighted by Crippen LogP contribution is 1.96. The molecule has 1 aromatic rings. The summed E-state index contributed by atoms with van der Waals surface area (Å²) in [6, 6.07) is 0. The molecule has 0 bridgehead atoms. The minimum absolute atomic E-state index is 0.161. The van der Waals surface area contributed by atoms with E-state index in [1.807, 2.05) is 6.92 Å². The zero-order valence-corrected chi connectivity index (χ0v) is 6.18. The van der Waals surface area contributed by atoms with Gasteiger partial charge in [0, 0.05) is 6.42 Å². The van der Waals surface area contributed by atoms with Crippen molar-refractivity contribution in [3.63, 3.8) is 0 Å². The summed E-state index contributed by atoms with van der Waals surface area (Å²) in [4.78, 5) is 3.97. The minimum Gasteiger partial charge on any atom is -0.370 e. The lowest BCUT2D eigenvalue weighted by Gasteiger charge is -1.93. The number of anilines is 1. The molecule has 0 aliphatic heterocycles. The Morgan fingerprint density at radius 3 is 3.00 bits per heavy atom. The molecule has 0 atom stereocenters. The summed E-state index contributed by atoms with van der Waals surface area (Å²) in [6.45, 7) is 1.96. The average molecular weight is 154 g/mol. The summed E-state index contributed by atoms with van der Waals surface area (Å²) < 4.78 is 0. The smallest absolute Gasteiger partial charge is 0.248 e. The van der Waals surface area contributed by atoms with Crippen LogP contribution in [0.1, 0.15) is 12.7 Å². The number of aromatic amines is 1. The molecule has 0 aromatic carbocycles. The van der Waals surface area contributed by atoms with Crippen LogP contribution in [0.2, 0.25) is 0 Å². The molecule has 0 unspecified atom stereocenters. The quantitative estimate of drug-likeness (QED) is 0.346. The first kappa shape index (κ1) is 7.52. The van der Waals surface area contributed by atoms with Crippen LogP contribution in [0.5, 0.6) is 0 Å². The third kappa shape index (κ3) is 1.92. The van der Waals surface area contributed by atoms with Crippen molar-refractivity contribution < 1.29 is 0 Å². The van der Waals surface area contributed by atoms with Crippen molar-refractivity contribution in [3.05, 3.63) is 5.82 Å². The van der Waals surface area contributed by atoms with Crippen LogP contribution in [0.25, 0.3) is 0 Å². The Hall–Kier alpha value is -1.59. The zero-order chi connectivity index (χ0) is 8.27. The maximum atomic E-state index is 6.87. The molecule has 0 saturated heterocycles. The van der Waals surface area contributed by atoms with Gasteiger partial charge in [-0.3, -0.25) is 15.8 Å². The molecule has 5 N–H and O–H groups in total. The third-order valence-electron chi connectivity index (χ3n) is 1.11. The van der Waals surface area contributed by atoms with E-state index in [1.54, 1.807) is 0 Å². The largest absolute Gasteiger partial charge is 0.370 e. The van der Waals surface area contributed by atoms with Crippen LogP contribution < -0.4 is 11.1 Å². The van der Waals surface area contributed by atoms with Crippen molar-refractivity contribution in [1.29, 1.82) is 5.41 Å². The van der Waals surface area contributed by atoms with Gasteiger partial charge in [0.25, 0.3) is 0 Å². The van der Waals surface area contributed by atoms with Gasteiger partial charge < -0.3 is 5.73 Å². The fraction of sp³-hybridized carbons (Fsp3) is 0.400. The van der Waals surface area contributed by atoms with Crippen molar-refractivity contribution >= 4 is 11.9 Å². The van der Waals surface area contributed by atoms with E-state index in [9.17, 15) is 0 Å². The lowest BCUT2D eigenvalue weighted by Crippen LogP contribution is -2.21. The van der Waals surface area contributed by atoms with E-state index >= 15 is 0 Å². The topological polar surface area (TPSA) is 103 Å². The Labute approximate surface area is 63.7 Å². The molecule has 0 amide bonds. The summed E-state index contributed by atoms with van der Waals surface area (Å²) in [5.41, 5.74) is 5.05. The zero-order valence-electron chi connectivity index (χ0n) is 6.18. The number of rotatable bonds is 2. The predicted molar refractivity (Wildman–Crippen MR) is 41.3 cm³/mol. The third-order valence-corrected chi connectivity index (χ3v) is 1.11. The van der Waals surface area contributed by atoms with Crippen molar-refractivity contribution in [2.24, 2.45) is 5.73 Å². The molecule has 0 spiro atoms. The molecule has 6 heteroatoms. The summed E-state index contributed by atoms with van der Waals surface area (Å²) in [5, 5.41) is 15.8. The average Bonchev–Trinajstić information content (AvgIpc) is 2.34. The molecule has 0 radical (unpaired) electrons. The lowest BCUT2D eigenvalue weighted by atomic mass is 10.5. The Morgan fingerprint density at radius 2 is 2.55 bits per heavy atom. The van der Waals surface area contributed by atoms with Gasteiger partial charge in [-0.05, 0) is 0 Å². The van der Waals surface area contributed by atoms with E-state index in [0.29, 0.717) is 5.95 Å². The van der Waals surface area contributed by atoms with E-state index in [-0.39, 0.29) is 5.96 Å². The Balaban J connectivity index is 2.65. The second-order valence-corrected chi connectivity index (χ2v) is 2.00. The van der Waals surface area contributed by atoms with Crippen LogP contribution in [0.15, 0.2) is 0 Å². The van der Waals surface area contributed by atoms with E-state index in [0.717, 1.165) is 12.2 Å². The number of hydrogen-bond acceptors (Lipinski definition) is 3. The maximum absolute atomic E-state index is 6.87. The highest BCUT2D eigenvalue weighted by atomic mass is 15.3. The van der Waals surface area contributed by atoms with Gasteiger partial charge in [0.15, 0.2) is 5.96 Å². The Kier molecular flexibility index (Phi) is 2.05. The summed E-state index contributed by atoms with van der Waals surface area (Å²) in [6.07, 6.45) is 0.784. The summed E-state index contributed by atoms with van der Waals surface area (Å²) in [7, 11) is 0. The summed E-state index contributed by atoms with van der Waals surface area (Å²) >= 11 is 0. The fourth-order valence-electron chi connectivity index (χ4n) is 0.630. The monoisotopic (exact) mass is 154 g/mol. The predicted octanol–water partition coefficient (Wildman–Crippen LogP) is -0.328. The molecule has 0 aliphatic carbocycles. The van der Waals surface area contributed by atoms with Gasteiger partial charge in [-0.2, -0.15) is 4.98 Å². The van der Waals surface area contributed by atoms with E-state index in [1.165, 1.54) is 0 Å². The molecule has 1 aromatic heterocycles. The molecule has 1 heterocycles. The number of aromatic nitrogens is 3. The van der Waals surface area contributed by atoms with E-state index < -0.39 is 0 Å². The van der Waals surface area contributed by atoms with Gasteiger partial charge in [0.05, 0.1) is 0 Å². The van der Waals surface area contributed by atoms with Crippen molar-refractivity contribution in [2.45, 2.75) is 13.3 Å². The standard InChI is InChI=1S/C5H10N6/c1-2-3-8-5(11-10-3)9-4(6)7/h2H2,1H3,(H5,6,7,8,9,10,11). The maximum Gasteiger partial charge on any atom is 0.248 e. The highest BCUT2D eigenvalue weighted by Gasteiger charge is 1.99. The molecule has 1 rings (SSSR count). The van der Waals surface area contributed by atoms with Crippen LogP contribution in [-0.2, 0) is 6.42 Å². The minimum atomic E-state index is -0.161. The van der Waals surface area contributed by atoms with Gasteiger partial charge in [0.1, 0.15) is 5.82 Å². The Morgan fingerprint density at radius 1 is 1.82 bits per heavy atom. The lowest BCUT2D eigenvalue weighted by molar-refractivity contribution is 0.946. The first-order valence-electron chi connectivity index (χ1n) is 3.24. The van der Waals surface area contributed by atoms with Gasteiger partial charge in [-0.15, -0.1) is 5.10 Å². The van der Waals surface area contributed by atoms with Crippen molar-refractivity contribution in [3.8, 4) is 0 Å². The number of hydrogen-bond donors (Lipinski definition) is 4. The van der Waals surface area contributed by atoms with Crippen LogP contribution >= 0.6 is 0 Å². The highest BCUT2D eigenvalue weighted by molar-refractivity contribution is 5.87.